The van der Waals surface area contributed by atoms with Crippen molar-refractivity contribution in [1.29, 1.82) is 0 Å². The second-order valence-electron chi connectivity index (χ2n) is 7.08. The molecule has 7 nitrogen and oxygen atoms in total. The van der Waals surface area contributed by atoms with E-state index in [-0.39, 0.29) is 12.4 Å². The van der Waals surface area contributed by atoms with Crippen molar-refractivity contribution in [2.45, 2.75) is 13.0 Å². The van der Waals surface area contributed by atoms with Gasteiger partial charge < -0.3 is 19.5 Å². The number of aromatic amines is 1. The molecule has 150 valence electrons. The predicted molar refractivity (Wildman–Crippen MR) is 105 cm³/mol. The number of aliphatic hydroxyl groups is 1. The van der Waals surface area contributed by atoms with Gasteiger partial charge in [-0.15, -0.1) is 0 Å². The number of nitrogens with one attached hydrogen (secondary N) is 2. The van der Waals surface area contributed by atoms with Crippen LogP contribution in [0.4, 0.5) is 5.82 Å². The number of pyridine rings is 1. The third kappa shape index (κ3) is 5.21. The van der Waals surface area contributed by atoms with E-state index in [1.165, 1.54) is 18.9 Å². The van der Waals surface area contributed by atoms with Crippen molar-refractivity contribution in [2.24, 2.45) is 0 Å². The van der Waals surface area contributed by atoms with Gasteiger partial charge in [-0.3, -0.25) is 9.69 Å². The second-order valence-corrected chi connectivity index (χ2v) is 7.08. The molecule has 7 heteroatoms. The number of piperazine rings is 1. The molecule has 1 fully saturated rings. The first-order valence-corrected chi connectivity index (χ1v) is 9.62. The van der Waals surface area contributed by atoms with Crippen molar-refractivity contribution in [1.82, 2.24) is 0 Å². The minimum absolute atomic E-state index is 0.0271. The molecule has 1 aromatic carbocycles. The number of nitrogens with zero attached hydrogens (tertiary/aromatic N) is 1. The van der Waals surface area contributed by atoms with E-state index in [0.717, 1.165) is 32.0 Å². The molecule has 0 aliphatic carbocycles. The summed E-state index contributed by atoms with van der Waals surface area (Å²) >= 11 is 0. The highest BCUT2D eigenvalue weighted by molar-refractivity contribution is 5.94. The van der Waals surface area contributed by atoms with E-state index in [9.17, 15) is 9.90 Å². The van der Waals surface area contributed by atoms with Gasteiger partial charge in [0.15, 0.2) is 17.3 Å². The number of hydrogen-bond acceptors (Lipinski definition) is 5. The number of quaternary nitrogens is 1. The number of aliphatic hydroxyl groups excluding tert-OH is 1. The van der Waals surface area contributed by atoms with Crippen LogP contribution in [0.15, 0.2) is 42.6 Å². The zero-order chi connectivity index (χ0) is 19.9. The zero-order valence-electron chi connectivity index (χ0n) is 16.5. The summed E-state index contributed by atoms with van der Waals surface area (Å²) in [6.07, 6.45) is 1.37. The number of ketones is 1. The van der Waals surface area contributed by atoms with Gasteiger partial charge in [-0.25, -0.2) is 4.98 Å². The number of anilines is 1. The Bertz CT molecular complexity index is 776. The molecule has 0 radical (unpaired) electrons. The maximum absolute atomic E-state index is 11.5. The Balaban J connectivity index is 1.46. The summed E-state index contributed by atoms with van der Waals surface area (Å²) < 4.78 is 11.0. The first-order valence-electron chi connectivity index (χ1n) is 9.62. The molecule has 28 heavy (non-hydrogen) atoms. The van der Waals surface area contributed by atoms with Crippen molar-refractivity contribution in [3.05, 3.63) is 48.2 Å². The Hall–Kier alpha value is -2.64. The van der Waals surface area contributed by atoms with Gasteiger partial charge in [0.2, 0.25) is 0 Å². The summed E-state index contributed by atoms with van der Waals surface area (Å²) in [6, 6.07) is 11.2. The fourth-order valence-electron chi connectivity index (χ4n) is 3.43. The lowest BCUT2D eigenvalue weighted by Gasteiger charge is -2.29. The van der Waals surface area contributed by atoms with Gasteiger partial charge in [-0.05, 0) is 31.2 Å². The molecular formula is C21H29N3O4+2. The minimum atomic E-state index is -0.568. The van der Waals surface area contributed by atoms with Crippen LogP contribution in [0.1, 0.15) is 17.3 Å². The maximum Gasteiger partial charge on any atom is 0.274 e. The van der Waals surface area contributed by atoms with E-state index in [0.29, 0.717) is 23.6 Å². The number of carbonyl (C=O) groups excluding carboxylic acids is 1. The molecule has 3 N–H and O–H groups in total. The Morgan fingerprint density at radius 2 is 2.04 bits per heavy atom. The summed E-state index contributed by atoms with van der Waals surface area (Å²) in [5, 5.41) is 10.4. The van der Waals surface area contributed by atoms with Crippen LogP contribution >= 0.6 is 0 Å². The quantitative estimate of drug-likeness (QED) is 0.617. The van der Waals surface area contributed by atoms with E-state index < -0.39 is 6.10 Å². The molecule has 0 amide bonds. The van der Waals surface area contributed by atoms with Gasteiger partial charge >= 0.3 is 0 Å². The fraction of sp³-hybridized carbons (Fsp3) is 0.429. The highest BCUT2D eigenvalue weighted by atomic mass is 16.5. The smallest absolute Gasteiger partial charge is 0.274 e. The summed E-state index contributed by atoms with van der Waals surface area (Å²) in [7, 11) is 1.54. The molecule has 0 spiro atoms. The van der Waals surface area contributed by atoms with Crippen LogP contribution in [0.25, 0.3) is 0 Å². The average molecular weight is 387 g/mol. The van der Waals surface area contributed by atoms with Crippen LogP contribution in [-0.2, 0) is 0 Å². The molecule has 2 aromatic rings. The van der Waals surface area contributed by atoms with Crippen LogP contribution < -0.4 is 24.3 Å². The normalized spacial score (nSPS) is 15.9. The highest BCUT2D eigenvalue weighted by Gasteiger charge is 2.27. The van der Waals surface area contributed by atoms with E-state index >= 15 is 0 Å². The molecule has 2 heterocycles. The van der Waals surface area contributed by atoms with Gasteiger partial charge in [0, 0.05) is 11.6 Å². The van der Waals surface area contributed by atoms with E-state index in [2.05, 4.69) is 16.0 Å². The molecular weight excluding hydrogens is 358 g/mol. The molecule has 1 aliphatic heterocycles. The average Bonchev–Trinajstić information content (AvgIpc) is 2.73. The van der Waals surface area contributed by atoms with Crippen molar-refractivity contribution in [3.63, 3.8) is 0 Å². The lowest BCUT2D eigenvalue weighted by atomic mass is 10.1. The largest absolute Gasteiger partial charge is 0.493 e. The lowest BCUT2D eigenvalue weighted by Crippen LogP contribution is -3.16. The lowest BCUT2D eigenvalue weighted by molar-refractivity contribution is -0.903. The number of carbonyl (C=O) groups is 1. The molecule has 0 bridgehead atoms. The Morgan fingerprint density at radius 3 is 2.68 bits per heavy atom. The number of ether oxygens (including phenoxy) is 2. The van der Waals surface area contributed by atoms with Crippen LogP contribution in [0.3, 0.4) is 0 Å². The first kappa shape index (κ1) is 20.1. The van der Waals surface area contributed by atoms with Gasteiger partial charge in [-0.1, -0.05) is 6.07 Å². The van der Waals surface area contributed by atoms with Gasteiger partial charge in [0.25, 0.3) is 5.82 Å². The zero-order valence-corrected chi connectivity index (χ0v) is 16.5. The van der Waals surface area contributed by atoms with Crippen LogP contribution in [0, 0.1) is 0 Å². The Morgan fingerprint density at radius 1 is 1.25 bits per heavy atom. The van der Waals surface area contributed by atoms with E-state index in [4.69, 9.17) is 9.47 Å². The third-order valence-electron chi connectivity index (χ3n) is 5.03. The fourth-order valence-corrected chi connectivity index (χ4v) is 3.43. The summed E-state index contributed by atoms with van der Waals surface area (Å²) in [5.74, 6) is 2.14. The summed E-state index contributed by atoms with van der Waals surface area (Å²) in [6.45, 7) is 6.17. The molecule has 0 saturated carbocycles. The van der Waals surface area contributed by atoms with Gasteiger partial charge in [0.05, 0.1) is 13.3 Å². The van der Waals surface area contributed by atoms with Crippen LogP contribution in [0.5, 0.6) is 11.5 Å². The second kappa shape index (κ2) is 9.52. The topological polar surface area (TPSA) is 77.6 Å². The summed E-state index contributed by atoms with van der Waals surface area (Å²) in [5.41, 5.74) is 0.572. The number of methoxy groups -OCH3 is 1. The highest BCUT2D eigenvalue weighted by Crippen LogP contribution is 2.28. The Labute approximate surface area is 165 Å². The first-order chi connectivity index (χ1) is 13.6. The summed E-state index contributed by atoms with van der Waals surface area (Å²) in [4.78, 5) is 18.4. The minimum Gasteiger partial charge on any atom is -0.493 e. The van der Waals surface area contributed by atoms with Crippen LogP contribution in [0.2, 0.25) is 0 Å². The van der Waals surface area contributed by atoms with Crippen molar-refractivity contribution in [2.75, 3.05) is 51.3 Å². The number of hydrogen-bond donors (Lipinski definition) is 2. The number of benzene rings is 1. The SMILES string of the molecule is COc1cc(C(C)=O)ccc1OC[C@@H](O)C[NH+]1CCN(c2cccc[nH+]2)CC1. The van der Waals surface area contributed by atoms with Crippen molar-refractivity contribution >= 4 is 11.6 Å². The van der Waals surface area contributed by atoms with Crippen molar-refractivity contribution < 1.29 is 29.3 Å². The van der Waals surface area contributed by atoms with Gasteiger partial charge in [-0.2, -0.15) is 0 Å². The Kier molecular flexibility index (Phi) is 6.84. The molecule has 3 rings (SSSR count). The molecule has 1 atom stereocenters. The monoisotopic (exact) mass is 387 g/mol. The molecule has 1 aliphatic rings. The molecule has 1 aromatic heterocycles. The number of aromatic nitrogens is 1. The molecule has 1 saturated heterocycles. The van der Waals surface area contributed by atoms with E-state index in [1.807, 2.05) is 18.3 Å². The molecule has 0 unspecified atom stereocenters. The number of Topliss-reactive ketones (excluding diaryl/α,β-unsaturated/α-hetero) is 1. The third-order valence-corrected chi connectivity index (χ3v) is 5.03. The predicted octanol–water partition coefficient (Wildman–Crippen LogP) is -0.143. The maximum atomic E-state index is 11.5. The number of rotatable bonds is 8. The number of H-pyrrole nitrogens is 1. The van der Waals surface area contributed by atoms with Crippen LogP contribution in [-0.4, -0.2) is 63.4 Å². The van der Waals surface area contributed by atoms with Gasteiger partial charge in [0.1, 0.15) is 45.4 Å². The van der Waals surface area contributed by atoms with E-state index in [1.54, 1.807) is 18.2 Å². The standard InChI is InChI=1S/C21H27N3O4/c1-16(25)17-6-7-19(20(13-17)27-2)28-15-18(26)14-23-9-11-24(12-10-23)21-5-3-4-8-22-21/h3-8,13,18,26H,9-12,14-15H2,1-2H3/p+2/t18-/m0/s1. The van der Waals surface area contributed by atoms with Crippen molar-refractivity contribution in [3.8, 4) is 11.5 Å².